The fraction of sp³-hybridized carbons (Fsp3) is 0.0769. The summed E-state index contributed by atoms with van der Waals surface area (Å²) in [6, 6.07) is 39.3. The molecule has 0 bridgehead atoms. The Bertz CT molecular complexity index is 1040. The molecule has 0 atom stereocenters. The van der Waals surface area contributed by atoms with Crippen LogP contribution in [0.3, 0.4) is 0 Å². The fourth-order valence-corrected chi connectivity index (χ4v) is 6.04. The summed E-state index contributed by atoms with van der Waals surface area (Å²) in [6.07, 6.45) is 0. The molecule has 0 aliphatic carbocycles. The summed E-state index contributed by atoms with van der Waals surface area (Å²) < 4.78 is 0. The quantitative estimate of drug-likeness (QED) is 0.179. The maximum atomic E-state index is 3.00. The zero-order valence-electron chi connectivity index (χ0n) is 17.4. The van der Waals surface area contributed by atoms with Crippen LogP contribution in [0.1, 0.15) is 0 Å². The van der Waals surface area contributed by atoms with Crippen molar-refractivity contribution in [3.63, 3.8) is 0 Å². The van der Waals surface area contributed by atoms with Gasteiger partial charge in [0.1, 0.15) is 0 Å². The Morgan fingerprint density at radius 2 is 1.00 bits per heavy atom. The number of rotatable bonds is 5. The molecule has 0 heterocycles. The van der Waals surface area contributed by atoms with Gasteiger partial charge in [-0.05, 0) is 35.5 Å². The number of nitrogens with zero attached hydrogens (tertiary/aromatic N) is 1. The number of benzene rings is 4. The van der Waals surface area contributed by atoms with Gasteiger partial charge in [0, 0.05) is 25.3 Å². The Morgan fingerprint density at radius 3 is 1.52 bits per heavy atom. The average Bonchev–Trinajstić information content (AvgIpc) is 2.82. The molecule has 0 radical (unpaired) electrons. The Kier molecular flexibility index (Phi) is 9.81. The molecule has 5 heteroatoms. The number of anilines is 1. The summed E-state index contributed by atoms with van der Waals surface area (Å²) in [7, 11) is 4.83. The number of para-hydroxylation sites is 1. The molecule has 1 nitrogen and oxygen atoms in total. The van der Waals surface area contributed by atoms with Crippen LogP contribution in [0.2, 0.25) is 0 Å². The monoisotopic (exact) mass is 597 g/mol. The van der Waals surface area contributed by atoms with Crippen LogP contribution >= 0.6 is 36.4 Å². The Labute approximate surface area is 207 Å². The molecule has 0 fully saturated rings. The van der Waals surface area contributed by atoms with Crippen molar-refractivity contribution in [3.8, 4) is 11.1 Å². The van der Waals surface area contributed by atoms with Crippen molar-refractivity contribution in [3.05, 3.63) is 109 Å². The van der Waals surface area contributed by atoms with Gasteiger partial charge in [-0.3, -0.25) is 0 Å². The first-order chi connectivity index (χ1) is 15.2. The van der Waals surface area contributed by atoms with Gasteiger partial charge in [-0.1, -0.05) is 103 Å². The summed E-state index contributed by atoms with van der Waals surface area (Å²) in [5.41, 5.74) is 3.83. The second-order valence-corrected chi connectivity index (χ2v) is 14.1. The molecule has 162 valence electrons. The zero-order chi connectivity index (χ0) is 22.1. The van der Waals surface area contributed by atoms with E-state index < -0.39 is 7.92 Å². The second kappa shape index (κ2) is 12.6. The molecule has 0 amide bonds. The van der Waals surface area contributed by atoms with Gasteiger partial charge in [0.2, 0.25) is 0 Å². The van der Waals surface area contributed by atoms with Crippen LogP contribution in [-0.4, -0.2) is 14.1 Å². The Balaban J connectivity index is 0.000000858. The second-order valence-electron chi connectivity index (χ2n) is 6.98. The van der Waals surface area contributed by atoms with Gasteiger partial charge >= 0.3 is 39.3 Å². The van der Waals surface area contributed by atoms with E-state index >= 15 is 0 Å². The maximum absolute atomic E-state index is 3.00. The van der Waals surface area contributed by atoms with E-state index in [1.807, 2.05) is 0 Å². The molecular formula is C26H24Br2NNiP. The van der Waals surface area contributed by atoms with E-state index in [4.69, 9.17) is 0 Å². The third-order valence-electron chi connectivity index (χ3n) is 4.85. The molecule has 0 saturated carbocycles. The Hall–Kier alpha value is -1.44. The van der Waals surface area contributed by atoms with Gasteiger partial charge in [0.05, 0.1) is 0 Å². The Morgan fingerprint density at radius 1 is 0.581 bits per heavy atom. The molecule has 4 aromatic carbocycles. The van der Waals surface area contributed by atoms with Crippen molar-refractivity contribution in [2.75, 3.05) is 19.0 Å². The third-order valence-corrected chi connectivity index (χ3v) is 7.35. The molecule has 31 heavy (non-hydrogen) atoms. The van der Waals surface area contributed by atoms with Gasteiger partial charge in [-0.2, -0.15) is 0 Å². The van der Waals surface area contributed by atoms with E-state index in [2.05, 4.69) is 157 Å². The van der Waals surface area contributed by atoms with Gasteiger partial charge in [0.25, 0.3) is 0 Å². The van der Waals surface area contributed by atoms with Crippen molar-refractivity contribution in [1.82, 2.24) is 0 Å². The molecule has 0 saturated heterocycles. The first-order valence-corrected chi connectivity index (χ1v) is 16.0. The van der Waals surface area contributed by atoms with Gasteiger partial charge in [-0.15, -0.1) is 0 Å². The SMILES string of the molecule is CN(C)c1ccccc1-c1ccccc1P(c1ccccc1)c1ccccc1.[Br][Ni][Br]. The van der Waals surface area contributed by atoms with E-state index in [1.54, 1.807) is 0 Å². The minimum absolute atomic E-state index is 0.641. The minimum atomic E-state index is -0.641. The van der Waals surface area contributed by atoms with E-state index in [-0.39, 0.29) is 0 Å². The van der Waals surface area contributed by atoms with Crippen LogP contribution in [-0.2, 0) is 10.9 Å². The number of hydrogen-bond acceptors (Lipinski definition) is 1. The van der Waals surface area contributed by atoms with E-state index in [9.17, 15) is 0 Å². The molecule has 0 spiro atoms. The van der Waals surface area contributed by atoms with Crippen molar-refractivity contribution in [1.29, 1.82) is 0 Å². The topological polar surface area (TPSA) is 3.24 Å². The summed E-state index contributed by atoms with van der Waals surface area (Å²) in [5, 5.41) is 4.14. The summed E-state index contributed by atoms with van der Waals surface area (Å²) in [4.78, 5) is 2.19. The van der Waals surface area contributed by atoms with E-state index in [1.165, 1.54) is 43.6 Å². The van der Waals surface area contributed by atoms with Crippen LogP contribution < -0.4 is 20.8 Å². The molecule has 4 rings (SSSR count). The van der Waals surface area contributed by atoms with Crippen molar-refractivity contribution in [2.24, 2.45) is 0 Å². The standard InChI is InChI=1S/C26H24NP.2BrH.Ni/c1-27(2)25-19-11-9-17-23(25)24-18-10-12-20-26(24)28(21-13-5-3-6-14-21)22-15-7-4-8-16-22;;;/h3-20H,1-2H3;2*1H;/q;;;+2/p-2. The van der Waals surface area contributed by atoms with Crippen molar-refractivity contribution < 1.29 is 10.9 Å². The van der Waals surface area contributed by atoms with Crippen LogP contribution in [0.5, 0.6) is 0 Å². The average molecular weight is 600 g/mol. The molecule has 0 aromatic heterocycles. The predicted molar refractivity (Wildman–Crippen MR) is 143 cm³/mol. The van der Waals surface area contributed by atoms with Crippen molar-refractivity contribution >= 4 is 58.0 Å². The summed E-state index contributed by atoms with van der Waals surface area (Å²) >= 11 is 6.00. The molecule has 0 aliphatic heterocycles. The van der Waals surface area contributed by atoms with E-state index in [0.29, 0.717) is 0 Å². The summed E-state index contributed by atoms with van der Waals surface area (Å²) in [6.45, 7) is 0. The normalized spacial score (nSPS) is 10.5. The third kappa shape index (κ3) is 6.30. The zero-order valence-corrected chi connectivity index (χ0v) is 22.4. The number of hydrogen-bond donors (Lipinski definition) is 0. The van der Waals surface area contributed by atoms with Gasteiger partial charge in [0.15, 0.2) is 0 Å². The number of halogens is 2. The molecule has 0 N–H and O–H groups in total. The first kappa shape index (κ1) is 24.2. The van der Waals surface area contributed by atoms with Crippen LogP contribution in [0.4, 0.5) is 5.69 Å². The predicted octanol–water partition coefficient (Wildman–Crippen LogP) is 6.87. The van der Waals surface area contributed by atoms with Crippen LogP contribution in [0.15, 0.2) is 109 Å². The molecule has 0 aliphatic rings. The fourth-order valence-electron chi connectivity index (χ4n) is 3.57. The van der Waals surface area contributed by atoms with Gasteiger partial charge in [-0.25, -0.2) is 0 Å². The van der Waals surface area contributed by atoms with Crippen LogP contribution in [0.25, 0.3) is 11.1 Å². The van der Waals surface area contributed by atoms with E-state index in [0.717, 1.165) is 0 Å². The van der Waals surface area contributed by atoms with Gasteiger partial charge < -0.3 is 4.90 Å². The van der Waals surface area contributed by atoms with Crippen LogP contribution in [0, 0.1) is 0 Å². The summed E-state index contributed by atoms with van der Waals surface area (Å²) in [5.74, 6) is 0. The molecular weight excluding hydrogens is 576 g/mol. The molecule has 4 aromatic rings. The molecule has 0 unspecified atom stereocenters. The first-order valence-electron chi connectivity index (χ1n) is 9.75. The van der Waals surface area contributed by atoms with Crippen molar-refractivity contribution in [2.45, 2.75) is 0 Å².